The smallest absolute Gasteiger partial charge is 0.257 e. The number of alkyl halides is 1. The first-order valence-corrected chi connectivity index (χ1v) is 10.3. The Balaban J connectivity index is 1.67. The van der Waals surface area contributed by atoms with Crippen molar-refractivity contribution in [2.45, 2.75) is 50.9 Å². The summed E-state index contributed by atoms with van der Waals surface area (Å²) < 4.78 is 20.7. The first-order valence-electron chi connectivity index (χ1n) is 10.3. The number of halogens is 1. The van der Waals surface area contributed by atoms with Gasteiger partial charge in [0.2, 0.25) is 5.88 Å². The third kappa shape index (κ3) is 4.37. The molecular weight excluding hydrogens is 401 g/mol. The lowest BCUT2D eigenvalue weighted by Crippen LogP contribution is -2.27. The third-order valence-electron chi connectivity index (χ3n) is 5.30. The summed E-state index contributed by atoms with van der Waals surface area (Å²) in [4.78, 5) is 21.2. The molecule has 1 amide bonds. The highest BCUT2D eigenvalue weighted by Crippen LogP contribution is 2.28. The number of nitrogens with zero attached hydrogens (tertiary/aromatic N) is 4. The summed E-state index contributed by atoms with van der Waals surface area (Å²) in [5, 5.41) is 13.2. The lowest BCUT2D eigenvalue weighted by molar-refractivity contribution is 0.0503. The minimum Gasteiger partial charge on any atom is -0.473 e. The number of anilines is 2. The van der Waals surface area contributed by atoms with Gasteiger partial charge in [-0.2, -0.15) is 9.61 Å². The van der Waals surface area contributed by atoms with Crippen LogP contribution in [0.25, 0.3) is 5.65 Å². The average molecular weight is 427 g/mol. The van der Waals surface area contributed by atoms with Crippen molar-refractivity contribution in [3.8, 4) is 0 Å². The number of rotatable bonds is 9. The summed E-state index contributed by atoms with van der Waals surface area (Å²) in [7, 11) is 1.75. The molecule has 2 heterocycles. The summed E-state index contributed by atoms with van der Waals surface area (Å²) in [6.45, 7) is 5.52. The number of carbonyl (C=O) groups excluding carboxylic acids is 1. The number of fused-ring (bicyclic) bond motifs is 1. The monoisotopic (exact) mass is 427 g/mol. The number of amides is 1. The molecule has 4 rings (SSSR count). The highest BCUT2D eigenvalue weighted by molar-refractivity contribution is 6.00. The largest absolute Gasteiger partial charge is 0.473 e. The van der Waals surface area contributed by atoms with Crippen molar-refractivity contribution in [1.82, 2.24) is 19.9 Å². The highest BCUT2D eigenvalue weighted by atomic mass is 19.1. The van der Waals surface area contributed by atoms with Crippen LogP contribution in [0.2, 0.25) is 0 Å². The van der Waals surface area contributed by atoms with Gasteiger partial charge in [0.25, 0.3) is 5.91 Å². The molecule has 0 aromatic carbocycles. The van der Waals surface area contributed by atoms with Gasteiger partial charge in [-0.25, -0.2) is 14.4 Å². The Kier molecular flexibility index (Phi) is 5.88. The molecule has 2 aliphatic rings. The van der Waals surface area contributed by atoms with E-state index >= 15 is 0 Å². The van der Waals surface area contributed by atoms with Gasteiger partial charge in [-0.15, -0.1) is 0 Å². The highest BCUT2D eigenvalue weighted by Gasteiger charge is 2.39. The SMILES string of the molecule is C=N/C(OC1CCC1)=C(\C=C/C)Nc1cc(NC)n2ncc(C(=O)N[C@H]3C[C@H]3F)c2n1. The van der Waals surface area contributed by atoms with Gasteiger partial charge in [-0.1, -0.05) is 6.08 Å². The Labute approximate surface area is 179 Å². The van der Waals surface area contributed by atoms with Crippen LogP contribution in [-0.2, 0) is 4.74 Å². The van der Waals surface area contributed by atoms with Crippen LogP contribution in [0.4, 0.5) is 16.0 Å². The van der Waals surface area contributed by atoms with E-state index in [1.165, 1.54) is 10.7 Å². The van der Waals surface area contributed by atoms with Crippen LogP contribution in [-0.4, -0.2) is 52.6 Å². The zero-order chi connectivity index (χ0) is 22.0. The van der Waals surface area contributed by atoms with Gasteiger partial charge < -0.3 is 20.7 Å². The van der Waals surface area contributed by atoms with Crippen molar-refractivity contribution in [3.05, 3.63) is 41.6 Å². The summed E-state index contributed by atoms with van der Waals surface area (Å²) >= 11 is 0. The van der Waals surface area contributed by atoms with Crippen LogP contribution in [0.1, 0.15) is 43.0 Å². The first-order chi connectivity index (χ1) is 15.0. The summed E-state index contributed by atoms with van der Waals surface area (Å²) in [6.07, 6.45) is 7.72. The number of hydrogen-bond donors (Lipinski definition) is 3. The topological polar surface area (TPSA) is 105 Å². The number of nitrogens with one attached hydrogen (secondary N) is 3. The standard InChI is InChI=1S/C21H26FN7O2/c1-4-6-15(21(24-3)31-12-7-5-8-12)26-17-10-18(23-2)29-19(28-17)13(11-25-29)20(30)27-16-9-14(16)22/h4,6,10-12,14,16,23H,3,5,7-9H2,1-2H3,(H,26,28)(H,27,30)/b6-4-,21-15-/t14-,16+/m1/s1. The van der Waals surface area contributed by atoms with Crippen molar-refractivity contribution in [2.24, 2.45) is 4.99 Å². The Morgan fingerprint density at radius 2 is 2.23 bits per heavy atom. The second kappa shape index (κ2) is 8.75. The molecule has 2 atom stereocenters. The number of hydrogen-bond acceptors (Lipinski definition) is 7. The van der Waals surface area contributed by atoms with Crippen LogP contribution >= 0.6 is 0 Å². The van der Waals surface area contributed by atoms with E-state index in [0.717, 1.165) is 19.3 Å². The zero-order valence-corrected chi connectivity index (χ0v) is 17.6. The molecule has 2 aromatic rings. The minimum absolute atomic E-state index is 0.137. The molecule has 2 aromatic heterocycles. The maximum atomic E-state index is 13.2. The molecule has 2 aliphatic carbocycles. The molecule has 164 valence electrons. The maximum Gasteiger partial charge on any atom is 0.257 e. The van der Waals surface area contributed by atoms with E-state index in [0.29, 0.717) is 35.3 Å². The van der Waals surface area contributed by atoms with E-state index in [1.54, 1.807) is 13.1 Å². The third-order valence-corrected chi connectivity index (χ3v) is 5.30. The first kappa shape index (κ1) is 20.8. The lowest BCUT2D eigenvalue weighted by atomic mass is 9.96. The van der Waals surface area contributed by atoms with Crippen molar-refractivity contribution < 1.29 is 13.9 Å². The summed E-state index contributed by atoms with van der Waals surface area (Å²) in [5.41, 5.74) is 1.21. The van der Waals surface area contributed by atoms with Crippen molar-refractivity contribution in [1.29, 1.82) is 0 Å². The van der Waals surface area contributed by atoms with Gasteiger partial charge in [0, 0.05) is 19.5 Å². The Morgan fingerprint density at radius 1 is 1.45 bits per heavy atom. The minimum atomic E-state index is -0.988. The van der Waals surface area contributed by atoms with Gasteiger partial charge in [-0.3, -0.25) is 4.79 Å². The van der Waals surface area contributed by atoms with Crippen LogP contribution in [0.15, 0.2) is 41.0 Å². The Bertz CT molecular complexity index is 1060. The Hall–Kier alpha value is -3.43. The van der Waals surface area contributed by atoms with Crippen LogP contribution in [0.3, 0.4) is 0 Å². The number of aromatic nitrogens is 3. The van der Waals surface area contributed by atoms with E-state index < -0.39 is 18.1 Å². The molecule has 0 bridgehead atoms. The molecule has 0 aliphatic heterocycles. The fourth-order valence-corrected chi connectivity index (χ4v) is 3.23. The molecule has 3 N–H and O–H groups in total. The zero-order valence-electron chi connectivity index (χ0n) is 17.6. The molecule has 2 saturated carbocycles. The number of carbonyl (C=O) groups is 1. The van der Waals surface area contributed by atoms with Gasteiger partial charge >= 0.3 is 0 Å². The molecule has 0 unspecified atom stereocenters. The molecule has 0 spiro atoms. The van der Waals surface area contributed by atoms with E-state index in [2.05, 4.69) is 37.7 Å². The van der Waals surface area contributed by atoms with Gasteiger partial charge in [0.15, 0.2) is 5.65 Å². The second-order valence-corrected chi connectivity index (χ2v) is 7.57. The molecule has 2 fully saturated rings. The molecule has 9 nitrogen and oxygen atoms in total. The van der Waals surface area contributed by atoms with Gasteiger partial charge in [-0.05, 0) is 39.0 Å². The van der Waals surface area contributed by atoms with Crippen LogP contribution < -0.4 is 16.0 Å². The summed E-state index contributed by atoms with van der Waals surface area (Å²) in [6, 6.07) is 1.31. The van der Waals surface area contributed by atoms with Crippen LogP contribution in [0.5, 0.6) is 0 Å². The van der Waals surface area contributed by atoms with Gasteiger partial charge in [0.1, 0.15) is 35.2 Å². The Morgan fingerprint density at radius 3 is 2.81 bits per heavy atom. The average Bonchev–Trinajstić information content (AvgIpc) is 3.24. The predicted molar refractivity (Wildman–Crippen MR) is 117 cm³/mol. The molecule has 0 saturated heterocycles. The second-order valence-electron chi connectivity index (χ2n) is 7.57. The van der Waals surface area contributed by atoms with Crippen molar-refractivity contribution in [3.63, 3.8) is 0 Å². The number of allylic oxidation sites excluding steroid dienone is 2. The predicted octanol–water partition coefficient (Wildman–Crippen LogP) is 3.04. The summed E-state index contributed by atoms with van der Waals surface area (Å²) in [5.74, 6) is 1.07. The molecule has 31 heavy (non-hydrogen) atoms. The van der Waals surface area contributed by atoms with E-state index in [9.17, 15) is 9.18 Å². The number of ether oxygens (including phenoxy) is 1. The number of aliphatic imine (C=N–C) groups is 1. The van der Waals surface area contributed by atoms with Crippen LogP contribution in [0, 0.1) is 0 Å². The van der Waals surface area contributed by atoms with E-state index in [4.69, 9.17) is 4.74 Å². The quantitative estimate of drug-likeness (QED) is 0.323. The fourth-order valence-electron chi connectivity index (χ4n) is 3.23. The lowest BCUT2D eigenvalue weighted by Gasteiger charge is -2.27. The molecule has 10 heteroatoms. The molecular formula is C21H26FN7O2. The van der Waals surface area contributed by atoms with E-state index in [1.807, 2.05) is 19.1 Å². The van der Waals surface area contributed by atoms with Crippen molar-refractivity contribution in [2.75, 3.05) is 17.7 Å². The van der Waals surface area contributed by atoms with Crippen molar-refractivity contribution >= 4 is 29.9 Å². The van der Waals surface area contributed by atoms with E-state index in [-0.39, 0.29) is 11.7 Å². The molecule has 0 radical (unpaired) electrons. The van der Waals surface area contributed by atoms with Gasteiger partial charge in [0.05, 0.1) is 12.2 Å². The maximum absolute atomic E-state index is 13.2. The fraction of sp³-hybridized carbons (Fsp3) is 0.429. The normalized spacial score (nSPS) is 21.4.